The number of furan rings is 1. The second-order valence-electron chi connectivity index (χ2n) is 14.8. The van der Waals surface area contributed by atoms with Gasteiger partial charge in [-0.15, -0.1) is 0 Å². The van der Waals surface area contributed by atoms with Crippen molar-refractivity contribution in [3.63, 3.8) is 0 Å². The van der Waals surface area contributed by atoms with Gasteiger partial charge in [0.15, 0.2) is 23.1 Å². The molecule has 0 N–H and O–H groups in total. The molecule has 11 rings (SSSR count). The highest BCUT2D eigenvalue weighted by Crippen LogP contribution is 2.43. The molecule has 5 heteroatoms. The van der Waals surface area contributed by atoms with Crippen LogP contribution in [0.1, 0.15) is 0 Å². The fourth-order valence-corrected chi connectivity index (χ4v) is 8.15. The van der Waals surface area contributed by atoms with Gasteiger partial charge in [-0.1, -0.05) is 176 Å². The van der Waals surface area contributed by atoms with E-state index in [1.807, 2.05) is 18.2 Å². The fourth-order valence-electron chi connectivity index (χ4n) is 8.15. The van der Waals surface area contributed by atoms with E-state index in [9.17, 15) is 0 Å². The van der Waals surface area contributed by atoms with E-state index in [2.05, 4.69) is 205 Å². The van der Waals surface area contributed by atoms with Crippen molar-refractivity contribution in [3.8, 4) is 56.4 Å². The summed E-state index contributed by atoms with van der Waals surface area (Å²) in [4.78, 5) is 17.7. The molecule has 0 atom stereocenters. The van der Waals surface area contributed by atoms with Gasteiger partial charge in [-0.25, -0.2) is 15.0 Å². The zero-order valence-electron chi connectivity index (χ0n) is 32.5. The van der Waals surface area contributed by atoms with Crippen LogP contribution in [0.5, 0.6) is 0 Å². The summed E-state index contributed by atoms with van der Waals surface area (Å²) in [5.74, 6) is 1.79. The molecule has 282 valence electrons. The molecule has 0 amide bonds. The molecule has 2 aromatic heterocycles. The Morgan fingerprint density at radius 3 is 1.55 bits per heavy atom. The molecule has 0 radical (unpaired) electrons. The van der Waals surface area contributed by atoms with Crippen LogP contribution in [0.15, 0.2) is 223 Å². The Balaban J connectivity index is 1.04. The van der Waals surface area contributed by atoms with E-state index in [1.165, 1.54) is 5.56 Å². The second-order valence-corrected chi connectivity index (χ2v) is 14.8. The van der Waals surface area contributed by atoms with Gasteiger partial charge in [0.05, 0.1) is 5.69 Å². The maximum Gasteiger partial charge on any atom is 0.164 e. The summed E-state index contributed by atoms with van der Waals surface area (Å²) < 4.78 is 6.89. The van der Waals surface area contributed by atoms with Crippen molar-refractivity contribution in [2.75, 3.05) is 4.90 Å². The summed E-state index contributed by atoms with van der Waals surface area (Å²) in [7, 11) is 0. The molecule has 0 fully saturated rings. The molecule has 0 unspecified atom stereocenters. The van der Waals surface area contributed by atoms with Crippen molar-refractivity contribution in [2.24, 2.45) is 0 Å². The molecule has 0 saturated heterocycles. The van der Waals surface area contributed by atoms with Crippen LogP contribution >= 0.6 is 0 Å². The van der Waals surface area contributed by atoms with Crippen molar-refractivity contribution in [1.82, 2.24) is 15.0 Å². The van der Waals surface area contributed by atoms with Crippen LogP contribution in [0.3, 0.4) is 0 Å². The monoisotopic (exact) mass is 768 g/mol. The Morgan fingerprint density at radius 1 is 0.333 bits per heavy atom. The lowest BCUT2D eigenvalue weighted by molar-refractivity contribution is 0.669. The van der Waals surface area contributed by atoms with Crippen LogP contribution in [0.4, 0.5) is 17.1 Å². The molecule has 0 aliphatic heterocycles. The number of aromatic nitrogens is 3. The van der Waals surface area contributed by atoms with E-state index in [0.717, 1.165) is 83.2 Å². The molecule has 0 aliphatic carbocycles. The minimum Gasteiger partial charge on any atom is -0.454 e. The molecular weight excluding hydrogens is 733 g/mol. The second kappa shape index (κ2) is 15.0. The fraction of sp³-hybridized carbons (Fsp3) is 0. The summed E-state index contributed by atoms with van der Waals surface area (Å²) in [5, 5.41) is 4.26. The SMILES string of the molecule is c1ccc(-c2ccc(-c3nc(-c4ccc5c(c4)oc4c(N(c6ccccc6)c6ccc(-c7ccccc7)cc6)cccc45)nc(-c4cccc5ccccc45)n3)cc2)cc1. The highest BCUT2D eigenvalue weighted by Gasteiger charge is 2.21. The summed E-state index contributed by atoms with van der Waals surface area (Å²) in [6, 6.07) is 75.7. The zero-order valence-corrected chi connectivity index (χ0v) is 32.5. The lowest BCUT2D eigenvalue weighted by Crippen LogP contribution is -2.10. The predicted octanol–water partition coefficient (Wildman–Crippen LogP) is 14.7. The third kappa shape index (κ3) is 6.45. The number of rotatable bonds is 8. The smallest absolute Gasteiger partial charge is 0.164 e. The maximum absolute atomic E-state index is 6.89. The number of hydrogen-bond acceptors (Lipinski definition) is 5. The van der Waals surface area contributed by atoms with Crippen LogP contribution in [0.2, 0.25) is 0 Å². The molecule has 9 aromatic carbocycles. The first-order valence-corrected chi connectivity index (χ1v) is 20.1. The van der Waals surface area contributed by atoms with Crippen molar-refractivity contribution in [3.05, 3.63) is 218 Å². The first kappa shape index (κ1) is 35.0. The third-order valence-electron chi connectivity index (χ3n) is 11.1. The molecule has 0 aliphatic rings. The minimum atomic E-state index is 0.571. The van der Waals surface area contributed by atoms with Gasteiger partial charge in [0.1, 0.15) is 5.58 Å². The summed E-state index contributed by atoms with van der Waals surface area (Å²) in [6.07, 6.45) is 0. The third-order valence-corrected chi connectivity index (χ3v) is 11.1. The molecule has 2 heterocycles. The van der Waals surface area contributed by atoms with Crippen LogP contribution in [-0.4, -0.2) is 15.0 Å². The van der Waals surface area contributed by atoms with E-state index < -0.39 is 0 Å². The number of benzene rings is 9. The summed E-state index contributed by atoms with van der Waals surface area (Å²) >= 11 is 0. The molecule has 5 nitrogen and oxygen atoms in total. The molecule has 0 saturated carbocycles. The van der Waals surface area contributed by atoms with Gasteiger partial charge < -0.3 is 9.32 Å². The van der Waals surface area contributed by atoms with E-state index in [1.54, 1.807) is 0 Å². The van der Waals surface area contributed by atoms with Gasteiger partial charge in [-0.3, -0.25) is 0 Å². The Hall–Kier alpha value is -8.15. The Labute approximate surface area is 347 Å². The Kier molecular flexibility index (Phi) is 8.75. The largest absolute Gasteiger partial charge is 0.454 e. The number of anilines is 3. The minimum absolute atomic E-state index is 0.571. The van der Waals surface area contributed by atoms with Gasteiger partial charge in [0.25, 0.3) is 0 Å². The lowest BCUT2D eigenvalue weighted by Gasteiger charge is -2.25. The van der Waals surface area contributed by atoms with Crippen LogP contribution in [0, 0.1) is 0 Å². The Morgan fingerprint density at radius 2 is 0.833 bits per heavy atom. The number of fused-ring (bicyclic) bond motifs is 4. The zero-order chi connectivity index (χ0) is 39.8. The first-order valence-electron chi connectivity index (χ1n) is 20.1. The first-order chi connectivity index (χ1) is 29.7. The van der Waals surface area contributed by atoms with Crippen molar-refractivity contribution < 1.29 is 4.42 Å². The van der Waals surface area contributed by atoms with E-state index in [0.29, 0.717) is 17.5 Å². The van der Waals surface area contributed by atoms with Gasteiger partial charge in [-0.2, -0.15) is 0 Å². The van der Waals surface area contributed by atoms with E-state index in [4.69, 9.17) is 19.4 Å². The summed E-state index contributed by atoms with van der Waals surface area (Å²) in [6.45, 7) is 0. The van der Waals surface area contributed by atoms with Crippen molar-refractivity contribution in [1.29, 1.82) is 0 Å². The maximum atomic E-state index is 6.89. The highest BCUT2D eigenvalue weighted by molar-refractivity contribution is 6.11. The predicted molar refractivity (Wildman–Crippen MR) is 246 cm³/mol. The van der Waals surface area contributed by atoms with E-state index in [-0.39, 0.29) is 0 Å². The molecular formula is C55H36N4O. The average Bonchev–Trinajstić information content (AvgIpc) is 3.71. The van der Waals surface area contributed by atoms with E-state index >= 15 is 0 Å². The normalized spacial score (nSPS) is 11.3. The Bertz CT molecular complexity index is 3290. The van der Waals surface area contributed by atoms with Crippen molar-refractivity contribution >= 4 is 49.8 Å². The number of hydrogen-bond donors (Lipinski definition) is 0. The van der Waals surface area contributed by atoms with Gasteiger partial charge in [0.2, 0.25) is 0 Å². The molecule has 0 spiro atoms. The van der Waals surface area contributed by atoms with Gasteiger partial charge in [0, 0.05) is 38.8 Å². The van der Waals surface area contributed by atoms with Gasteiger partial charge in [-0.05, 0) is 75.5 Å². The van der Waals surface area contributed by atoms with Crippen LogP contribution < -0.4 is 4.90 Å². The molecule has 60 heavy (non-hydrogen) atoms. The lowest BCUT2D eigenvalue weighted by atomic mass is 10.0. The van der Waals surface area contributed by atoms with Crippen molar-refractivity contribution in [2.45, 2.75) is 0 Å². The molecule has 11 aromatic rings. The molecule has 0 bridgehead atoms. The average molecular weight is 769 g/mol. The van der Waals surface area contributed by atoms with Crippen LogP contribution in [0.25, 0.3) is 89.1 Å². The standard InChI is InChI=1S/C55H36N4O/c1-4-14-37(15-5-1)39-26-28-42(29-27-39)53-56-54(58-55(57-53)49-24-12-19-41-18-10-11-22-46(41)49)43-32-35-47-48-23-13-25-50(52(48)60-51(47)36-43)59(44-20-8-3-9-21-44)45-33-30-40(31-34-45)38-16-6-2-7-17-38/h1-36H. The highest BCUT2D eigenvalue weighted by atomic mass is 16.3. The number of para-hydroxylation sites is 2. The number of nitrogens with zero attached hydrogens (tertiary/aromatic N) is 4. The topological polar surface area (TPSA) is 55.1 Å². The van der Waals surface area contributed by atoms with Gasteiger partial charge >= 0.3 is 0 Å². The van der Waals surface area contributed by atoms with Crippen LogP contribution in [-0.2, 0) is 0 Å². The quantitative estimate of drug-likeness (QED) is 0.154. The summed E-state index contributed by atoms with van der Waals surface area (Å²) in [5.41, 5.74) is 11.9.